The maximum Gasteiger partial charge on any atom is 0.236 e. The third-order valence-electron chi connectivity index (χ3n) is 1.40. The molecule has 5 nitrogen and oxygen atoms in total. The molecule has 0 atom stereocenters. The van der Waals surface area contributed by atoms with Crippen LogP contribution in [-0.4, -0.2) is 14.7 Å². The normalized spacial score (nSPS) is 10.8. The predicted molar refractivity (Wildman–Crippen MR) is 44.0 cm³/mol. The third kappa shape index (κ3) is 1.91. The summed E-state index contributed by atoms with van der Waals surface area (Å²) in [7, 11) is 1.77. The van der Waals surface area contributed by atoms with Crippen LogP contribution < -0.4 is 0 Å². The molecule has 64 valence electrons. The van der Waals surface area contributed by atoms with Gasteiger partial charge in [0.15, 0.2) is 0 Å². The highest BCUT2D eigenvalue weighted by Gasteiger charge is 1.99. The van der Waals surface area contributed by atoms with Crippen LogP contribution in [0.3, 0.4) is 0 Å². The van der Waals surface area contributed by atoms with Crippen LogP contribution in [-0.2, 0) is 7.05 Å². The first-order valence-corrected chi connectivity index (χ1v) is 3.41. The van der Waals surface area contributed by atoms with E-state index in [2.05, 4.69) is 5.10 Å². The molecule has 0 aliphatic carbocycles. The van der Waals surface area contributed by atoms with E-state index in [1.165, 1.54) is 6.08 Å². The minimum absolute atomic E-state index is 0.506. The summed E-state index contributed by atoms with van der Waals surface area (Å²) in [4.78, 5) is 9.47. The molecule has 5 heteroatoms. The van der Waals surface area contributed by atoms with E-state index in [0.717, 1.165) is 11.8 Å². The minimum atomic E-state index is -0.506. The van der Waals surface area contributed by atoms with E-state index in [9.17, 15) is 10.1 Å². The second-order valence-electron chi connectivity index (χ2n) is 2.47. The Hall–Kier alpha value is -1.65. The van der Waals surface area contributed by atoms with Crippen molar-refractivity contribution in [2.45, 2.75) is 6.92 Å². The zero-order valence-electron chi connectivity index (χ0n) is 6.89. The summed E-state index contributed by atoms with van der Waals surface area (Å²) in [5.74, 6) is 0. The largest absolute Gasteiger partial charge is 0.275 e. The van der Waals surface area contributed by atoms with Crippen molar-refractivity contribution < 1.29 is 4.92 Å². The SMILES string of the molecule is Cc1cn(C)nc1/C=C/[N+](=O)[O-]. The summed E-state index contributed by atoms with van der Waals surface area (Å²) in [5, 5.41) is 14.0. The van der Waals surface area contributed by atoms with Gasteiger partial charge >= 0.3 is 0 Å². The van der Waals surface area contributed by atoms with Gasteiger partial charge in [-0.2, -0.15) is 5.10 Å². The molecular weight excluding hydrogens is 158 g/mol. The van der Waals surface area contributed by atoms with E-state index >= 15 is 0 Å². The summed E-state index contributed by atoms with van der Waals surface area (Å²) in [6, 6.07) is 0. The Morgan fingerprint density at radius 3 is 2.83 bits per heavy atom. The molecule has 1 aromatic heterocycles. The summed E-state index contributed by atoms with van der Waals surface area (Å²) in [5.41, 5.74) is 1.56. The number of nitro groups is 1. The van der Waals surface area contributed by atoms with Gasteiger partial charge in [-0.15, -0.1) is 0 Å². The smallest absolute Gasteiger partial charge is 0.236 e. The lowest BCUT2D eigenvalue weighted by molar-refractivity contribution is -0.401. The van der Waals surface area contributed by atoms with Gasteiger partial charge in [-0.1, -0.05) is 0 Å². The van der Waals surface area contributed by atoms with Crippen LogP contribution in [0.15, 0.2) is 12.4 Å². The van der Waals surface area contributed by atoms with Crippen LogP contribution >= 0.6 is 0 Å². The summed E-state index contributed by atoms with van der Waals surface area (Å²) >= 11 is 0. The molecule has 0 aliphatic heterocycles. The number of aromatic nitrogens is 2. The van der Waals surface area contributed by atoms with Crippen molar-refractivity contribution >= 4 is 6.08 Å². The Bertz CT molecular complexity index is 327. The fraction of sp³-hybridized carbons (Fsp3) is 0.286. The Kier molecular flexibility index (Phi) is 2.23. The number of hydrogen-bond acceptors (Lipinski definition) is 3. The predicted octanol–water partition coefficient (Wildman–Crippen LogP) is 0.976. The zero-order chi connectivity index (χ0) is 9.14. The Labute approximate surface area is 69.5 Å². The number of nitrogens with zero attached hydrogens (tertiary/aromatic N) is 3. The molecule has 0 saturated heterocycles. The highest BCUT2D eigenvalue weighted by atomic mass is 16.6. The number of rotatable bonds is 2. The lowest BCUT2D eigenvalue weighted by atomic mass is 10.3. The maximum atomic E-state index is 9.97. The highest BCUT2D eigenvalue weighted by Crippen LogP contribution is 2.05. The lowest BCUT2D eigenvalue weighted by Gasteiger charge is -1.83. The zero-order valence-corrected chi connectivity index (χ0v) is 6.89. The number of aryl methyl sites for hydroxylation is 2. The van der Waals surface area contributed by atoms with Crippen molar-refractivity contribution in [1.29, 1.82) is 0 Å². The first-order valence-electron chi connectivity index (χ1n) is 3.41. The summed E-state index contributed by atoms with van der Waals surface area (Å²) in [6.45, 7) is 1.85. The van der Waals surface area contributed by atoms with Crippen LogP contribution in [0.25, 0.3) is 6.08 Å². The van der Waals surface area contributed by atoms with Crippen molar-refractivity contribution in [3.8, 4) is 0 Å². The molecule has 0 fully saturated rings. The lowest BCUT2D eigenvalue weighted by Crippen LogP contribution is -1.88. The molecule has 0 amide bonds. The van der Waals surface area contributed by atoms with Crippen LogP contribution in [0.2, 0.25) is 0 Å². The fourth-order valence-corrected chi connectivity index (χ4v) is 0.920. The molecule has 0 spiro atoms. The van der Waals surface area contributed by atoms with Gasteiger partial charge in [0, 0.05) is 19.3 Å². The maximum absolute atomic E-state index is 9.97. The van der Waals surface area contributed by atoms with Gasteiger partial charge in [0.05, 0.1) is 10.6 Å². The first kappa shape index (κ1) is 8.45. The Morgan fingerprint density at radius 1 is 1.75 bits per heavy atom. The molecule has 0 saturated carbocycles. The standard InChI is InChI=1S/C7H9N3O2/c1-6-5-9(2)8-7(6)3-4-10(11)12/h3-5H,1-2H3/b4-3+. The molecule has 0 radical (unpaired) electrons. The van der Waals surface area contributed by atoms with Gasteiger partial charge in [-0.25, -0.2) is 0 Å². The van der Waals surface area contributed by atoms with E-state index in [1.54, 1.807) is 17.9 Å². The topological polar surface area (TPSA) is 61.0 Å². The van der Waals surface area contributed by atoms with Gasteiger partial charge < -0.3 is 0 Å². The van der Waals surface area contributed by atoms with Crippen molar-refractivity contribution in [2.75, 3.05) is 0 Å². The van der Waals surface area contributed by atoms with Gasteiger partial charge in [-0.05, 0) is 12.5 Å². The van der Waals surface area contributed by atoms with E-state index < -0.39 is 4.92 Å². The summed E-state index contributed by atoms with van der Waals surface area (Å²) < 4.78 is 1.62. The first-order chi connectivity index (χ1) is 5.59. The minimum Gasteiger partial charge on any atom is -0.275 e. The van der Waals surface area contributed by atoms with Gasteiger partial charge in [0.1, 0.15) is 0 Å². The Morgan fingerprint density at radius 2 is 2.42 bits per heavy atom. The van der Waals surface area contributed by atoms with Gasteiger partial charge in [-0.3, -0.25) is 14.8 Å². The average Bonchev–Trinajstić information content (AvgIpc) is 2.26. The quantitative estimate of drug-likeness (QED) is 0.487. The molecular formula is C7H9N3O2. The van der Waals surface area contributed by atoms with Crippen molar-refractivity contribution in [1.82, 2.24) is 9.78 Å². The molecule has 1 aromatic rings. The molecule has 0 aliphatic rings. The van der Waals surface area contributed by atoms with Crippen LogP contribution in [0, 0.1) is 17.0 Å². The molecule has 0 unspecified atom stereocenters. The van der Waals surface area contributed by atoms with E-state index in [1.807, 2.05) is 6.92 Å². The highest BCUT2D eigenvalue weighted by molar-refractivity contribution is 5.46. The van der Waals surface area contributed by atoms with Crippen molar-refractivity contribution in [3.05, 3.63) is 33.8 Å². The van der Waals surface area contributed by atoms with E-state index in [-0.39, 0.29) is 0 Å². The van der Waals surface area contributed by atoms with Crippen LogP contribution in [0.4, 0.5) is 0 Å². The van der Waals surface area contributed by atoms with E-state index in [0.29, 0.717) is 5.69 Å². The summed E-state index contributed by atoms with van der Waals surface area (Å²) in [6.07, 6.45) is 4.07. The Balaban J connectivity index is 2.89. The third-order valence-corrected chi connectivity index (χ3v) is 1.40. The average molecular weight is 167 g/mol. The number of hydrogen-bond donors (Lipinski definition) is 0. The fourth-order valence-electron chi connectivity index (χ4n) is 0.920. The molecule has 1 heterocycles. The van der Waals surface area contributed by atoms with Gasteiger partial charge in [0.25, 0.3) is 0 Å². The van der Waals surface area contributed by atoms with Gasteiger partial charge in [0.2, 0.25) is 6.20 Å². The molecule has 1 rings (SSSR count). The second-order valence-corrected chi connectivity index (χ2v) is 2.47. The molecule has 12 heavy (non-hydrogen) atoms. The van der Waals surface area contributed by atoms with E-state index in [4.69, 9.17) is 0 Å². The van der Waals surface area contributed by atoms with Crippen molar-refractivity contribution in [2.24, 2.45) is 7.05 Å². The van der Waals surface area contributed by atoms with Crippen LogP contribution in [0.5, 0.6) is 0 Å². The second kappa shape index (κ2) is 3.17. The molecule has 0 aromatic carbocycles. The molecule has 0 bridgehead atoms. The van der Waals surface area contributed by atoms with Crippen molar-refractivity contribution in [3.63, 3.8) is 0 Å². The monoisotopic (exact) mass is 167 g/mol. The van der Waals surface area contributed by atoms with Crippen LogP contribution in [0.1, 0.15) is 11.3 Å². The molecule has 0 N–H and O–H groups in total.